The van der Waals surface area contributed by atoms with Gasteiger partial charge in [-0.2, -0.15) is 0 Å². The van der Waals surface area contributed by atoms with Gasteiger partial charge in [-0.15, -0.1) is 0 Å². The van der Waals surface area contributed by atoms with Gasteiger partial charge in [0.1, 0.15) is 5.75 Å². The second kappa shape index (κ2) is 6.76. The van der Waals surface area contributed by atoms with E-state index in [1.807, 2.05) is 25.1 Å². The molecule has 1 heterocycles. The molecule has 0 spiro atoms. The summed E-state index contributed by atoms with van der Waals surface area (Å²) in [6.07, 6.45) is 0.549. The molecule has 5 heteroatoms. The largest absolute Gasteiger partial charge is 0.493 e. The molecule has 0 amide bonds. The first-order valence-corrected chi connectivity index (χ1v) is 8.35. The summed E-state index contributed by atoms with van der Waals surface area (Å²) in [6.45, 7) is 4.47. The zero-order valence-electron chi connectivity index (χ0n) is 14.8. The molecule has 0 aromatic heterocycles. The Labute approximate surface area is 147 Å². The Kier molecular flexibility index (Phi) is 4.68. The molecule has 25 heavy (non-hydrogen) atoms. The van der Waals surface area contributed by atoms with Gasteiger partial charge < -0.3 is 20.3 Å². The van der Waals surface area contributed by atoms with Crippen LogP contribution < -0.4 is 10.5 Å². The highest BCUT2D eigenvalue weighted by molar-refractivity contribution is 5.85. The van der Waals surface area contributed by atoms with Crippen LogP contribution in [0.5, 0.6) is 5.75 Å². The van der Waals surface area contributed by atoms with Gasteiger partial charge in [0.25, 0.3) is 0 Å². The van der Waals surface area contributed by atoms with Gasteiger partial charge in [0.15, 0.2) is 6.10 Å². The maximum atomic E-state index is 12.0. The summed E-state index contributed by atoms with van der Waals surface area (Å²) >= 11 is 0. The van der Waals surface area contributed by atoms with Crippen LogP contribution in [0, 0.1) is 13.8 Å². The third-order valence-corrected chi connectivity index (χ3v) is 4.77. The molecular formula is C20H23NO4. The standard InChI is InChI=1S/C20H23NO4/c1-11-9-15(21)12(2)18(19(22)20(23)24-3)17(11)14-6-7-16-13(10-14)5-4-8-25-16/h6-7,9-10,19,22H,4-5,8,21H2,1-3H3. The lowest BCUT2D eigenvalue weighted by molar-refractivity contribution is -0.150. The van der Waals surface area contributed by atoms with Crippen molar-refractivity contribution in [2.75, 3.05) is 19.5 Å². The molecule has 0 radical (unpaired) electrons. The Morgan fingerprint density at radius 1 is 1.32 bits per heavy atom. The van der Waals surface area contributed by atoms with Crippen molar-refractivity contribution >= 4 is 11.7 Å². The van der Waals surface area contributed by atoms with E-state index in [0.29, 0.717) is 16.8 Å². The number of hydrogen-bond donors (Lipinski definition) is 2. The molecule has 0 bridgehead atoms. The fourth-order valence-corrected chi connectivity index (χ4v) is 3.44. The van der Waals surface area contributed by atoms with Gasteiger partial charge in [-0.25, -0.2) is 4.79 Å². The highest BCUT2D eigenvalue weighted by Gasteiger charge is 2.27. The lowest BCUT2D eigenvalue weighted by Gasteiger charge is -2.23. The number of hydrogen-bond acceptors (Lipinski definition) is 5. The first kappa shape index (κ1) is 17.3. The van der Waals surface area contributed by atoms with Gasteiger partial charge in [-0.1, -0.05) is 6.07 Å². The zero-order chi connectivity index (χ0) is 18.1. The Hall–Kier alpha value is -2.53. The van der Waals surface area contributed by atoms with Crippen molar-refractivity contribution in [1.82, 2.24) is 0 Å². The summed E-state index contributed by atoms with van der Waals surface area (Å²) in [5.41, 5.74) is 11.6. The van der Waals surface area contributed by atoms with E-state index in [0.717, 1.165) is 47.5 Å². The van der Waals surface area contributed by atoms with Gasteiger partial charge in [-0.05, 0) is 72.7 Å². The number of esters is 1. The third-order valence-electron chi connectivity index (χ3n) is 4.77. The van der Waals surface area contributed by atoms with Crippen molar-refractivity contribution in [1.29, 1.82) is 0 Å². The SMILES string of the molecule is COC(=O)C(O)c1c(C)c(N)cc(C)c1-c1ccc2c(c1)CCCO2. The Bertz CT molecular complexity index is 829. The topological polar surface area (TPSA) is 81.8 Å². The molecule has 3 rings (SSSR count). The molecule has 3 N–H and O–H groups in total. The van der Waals surface area contributed by atoms with E-state index in [2.05, 4.69) is 6.07 Å². The molecule has 0 saturated carbocycles. The number of ether oxygens (including phenoxy) is 2. The van der Waals surface area contributed by atoms with Crippen LogP contribution in [0.25, 0.3) is 11.1 Å². The molecule has 2 aromatic carbocycles. The van der Waals surface area contributed by atoms with E-state index in [1.165, 1.54) is 7.11 Å². The van der Waals surface area contributed by atoms with E-state index < -0.39 is 12.1 Å². The van der Waals surface area contributed by atoms with E-state index in [-0.39, 0.29) is 0 Å². The smallest absolute Gasteiger partial charge is 0.339 e. The van der Waals surface area contributed by atoms with Gasteiger partial charge in [-0.3, -0.25) is 0 Å². The number of aryl methyl sites for hydroxylation is 2. The Morgan fingerprint density at radius 3 is 2.80 bits per heavy atom. The number of benzene rings is 2. The maximum Gasteiger partial charge on any atom is 0.339 e. The average Bonchev–Trinajstić information content (AvgIpc) is 2.62. The first-order chi connectivity index (χ1) is 11.9. The summed E-state index contributed by atoms with van der Waals surface area (Å²) in [7, 11) is 1.26. The number of carbonyl (C=O) groups is 1. The van der Waals surface area contributed by atoms with Crippen LogP contribution in [-0.2, 0) is 16.0 Å². The van der Waals surface area contributed by atoms with Crippen molar-refractivity contribution in [3.63, 3.8) is 0 Å². The van der Waals surface area contributed by atoms with Crippen molar-refractivity contribution < 1.29 is 19.4 Å². The van der Waals surface area contributed by atoms with Gasteiger partial charge in [0.05, 0.1) is 13.7 Å². The predicted octanol–water partition coefficient (Wildman–Crippen LogP) is 3.08. The van der Waals surface area contributed by atoms with E-state index >= 15 is 0 Å². The van der Waals surface area contributed by atoms with E-state index in [9.17, 15) is 9.90 Å². The molecule has 1 unspecified atom stereocenters. The fourth-order valence-electron chi connectivity index (χ4n) is 3.44. The number of aliphatic hydroxyl groups excluding tert-OH is 1. The van der Waals surface area contributed by atoms with Crippen LogP contribution in [0.1, 0.15) is 34.8 Å². The normalized spacial score (nSPS) is 14.4. The molecule has 1 aliphatic rings. The Balaban J connectivity index is 2.21. The van der Waals surface area contributed by atoms with Crippen molar-refractivity contribution in [2.24, 2.45) is 0 Å². The van der Waals surface area contributed by atoms with Crippen molar-refractivity contribution in [3.05, 3.63) is 46.5 Å². The second-order valence-corrected chi connectivity index (χ2v) is 6.40. The molecule has 0 saturated heterocycles. The number of fused-ring (bicyclic) bond motifs is 1. The number of anilines is 1. The van der Waals surface area contributed by atoms with E-state index in [1.54, 1.807) is 6.92 Å². The van der Waals surface area contributed by atoms with Crippen LogP contribution in [-0.4, -0.2) is 24.8 Å². The predicted molar refractivity (Wildman–Crippen MR) is 96.6 cm³/mol. The zero-order valence-corrected chi connectivity index (χ0v) is 14.8. The number of aliphatic hydroxyl groups is 1. The summed E-state index contributed by atoms with van der Waals surface area (Å²) < 4.78 is 10.4. The lowest BCUT2D eigenvalue weighted by Crippen LogP contribution is -2.17. The molecule has 1 aliphatic heterocycles. The summed E-state index contributed by atoms with van der Waals surface area (Å²) in [6, 6.07) is 7.84. The quantitative estimate of drug-likeness (QED) is 0.662. The molecular weight excluding hydrogens is 318 g/mol. The van der Waals surface area contributed by atoms with Crippen LogP contribution in [0.2, 0.25) is 0 Å². The number of carbonyl (C=O) groups excluding carboxylic acids is 1. The summed E-state index contributed by atoms with van der Waals surface area (Å²) in [5.74, 6) is 0.200. The van der Waals surface area contributed by atoms with Crippen LogP contribution in [0.15, 0.2) is 24.3 Å². The minimum Gasteiger partial charge on any atom is -0.493 e. The number of nitrogens with two attached hydrogens (primary N) is 1. The first-order valence-electron chi connectivity index (χ1n) is 8.35. The van der Waals surface area contributed by atoms with Crippen LogP contribution >= 0.6 is 0 Å². The molecule has 0 aliphatic carbocycles. The molecule has 1 atom stereocenters. The minimum absolute atomic E-state index is 0.501. The molecule has 0 fully saturated rings. The fraction of sp³-hybridized carbons (Fsp3) is 0.350. The number of nitrogen functional groups attached to an aromatic ring is 1. The summed E-state index contributed by atoms with van der Waals surface area (Å²) in [4.78, 5) is 12.0. The van der Waals surface area contributed by atoms with Crippen molar-refractivity contribution in [3.8, 4) is 16.9 Å². The number of rotatable bonds is 3. The van der Waals surface area contributed by atoms with Gasteiger partial charge in [0, 0.05) is 11.3 Å². The highest BCUT2D eigenvalue weighted by Crippen LogP contribution is 2.39. The maximum absolute atomic E-state index is 12.0. The monoisotopic (exact) mass is 341 g/mol. The Morgan fingerprint density at radius 2 is 2.08 bits per heavy atom. The second-order valence-electron chi connectivity index (χ2n) is 6.40. The van der Waals surface area contributed by atoms with Crippen LogP contribution in [0.3, 0.4) is 0 Å². The molecule has 5 nitrogen and oxygen atoms in total. The molecule has 2 aromatic rings. The van der Waals surface area contributed by atoms with E-state index in [4.69, 9.17) is 15.2 Å². The van der Waals surface area contributed by atoms with Gasteiger partial charge in [0.2, 0.25) is 0 Å². The summed E-state index contributed by atoms with van der Waals surface area (Å²) in [5, 5.41) is 10.5. The van der Waals surface area contributed by atoms with Gasteiger partial charge >= 0.3 is 5.97 Å². The third kappa shape index (κ3) is 3.07. The lowest BCUT2D eigenvalue weighted by atomic mass is 9.86. The highest BCUT2D eigenvalue weighted by atomic mass is 16.5. The number of methoxy groups -OCH3 is 1. The van der Waals surface area contributed by atoms with Crippen molar-refractivity contribution in [2.45, 2.75) is 32.8 Å². The average molecular weight is 341 g/mol. The minimum atomic E-state index is -1.38. The molecule has 132 valence electrons. The van der Waals surface area contributed by atoms with Crippen LogP contribution in [0.4, 0.5) is 5.69 Å².